The monoisotopic (exact) mass is 246 g/mol. The highest BCUT2D eigenvalue weighted by Gasteiger charge is 2.26. The normalized spacial score (nSPS) is 23.5. The molecule has 0 amide bonds. The van der Waals surface area contributed by atoms with Crippen LogP contribution in [0.3, 0.4) is 0 Å². The topological polar surface area (TPSA) is 35.8 Å². The van der Waals surface area contributed by atoms with Crippen molar-refractivity contribution < 1.29 is 0 Å². The number of nitrogens with zero attached hydrogens (tertiary/aromatic N) is 1. The summed E-state index contributed by atoms with van der Waals surface area (Å²) in [6.07, 6.45) is 5.46. The molecule has 1 fully saturated rings. The molecule has 17 heavy (non-hydrogen) atoms. The summed E-state index contributed by atoms with van der Waals surface area (Å²) in [5, 5.41) is 12.5. The second kappa shape index (κ2) is 6.09. The van der Waals surface area contributed by atoms with E-state index in [0.717, 1.165) is 19.4 Å². The predicted molar refractivity (Wildman–Crippen MR) is 71.8 cm³/mol. The number of rotatable bonds is 4. The maximum atomic E-state index is 9.01. The van der Waals surface area contributed by atoms with Gasteiger partial charge in [-0.15, -0.1) is 11.8 Å². The Balaban J connectivity index is 1.87. The zero-order valence-electron chi connectivity index (χ0n) is 10.1. The number of thioether (sulfide) groups is 1. The second-order valence-electron chi connectivity index (χ2n) is 4.50. The highest BCUT2D eigenvalue weighted by atomic mass is 32.2. The lowest BCUT2D eigenvalue weighted by molar-refractivity contribution is 0.464. The number of nitriles is 1. The minimum atomic E-state index is 0.209. The lowest BCUT2D eigenvalue weighted by atomic mass is 10.1. The van der Waals surface area contributed by atoms with E-state index in [2.05, 4.69) is 41.9 Å². The van der Waals surface area contributed by atoms with Crippen LogP contribution in [-0.2, 0) is 6.54 Å². The van der Waals surface area contributed by atoms with Crippen molar-refractivity contribution in [1.82, 2.24) is 5.32 Å². The molecular weight excluding hydrogens is 228 g/mol. The van der Waals surface area contributed by atoms with Gasteiger partial charge < -0.3 is 5.32 Å². The molecule has 1 aromatic carbocycles. The van der Waals surface area contributed by atoms with Crippen LogP contribution in [0.5, 0.6) is 0 Å². The van der Waals surface area contributed by atoms with Crippen LogP contribution in [0.25, 0.3) is 0 Å². The van der Waals surface area contributed by atoms with Crippen LogP contribution in [0.2, 0.25) is 0 Å². The summed E-state index contributed by atoms with van der Waals surface area (Å²) in [7, 11) is 0. The van der Waals surface area contributed by atoms with Crippen LogP contribution in [0.15, 0.2) is 29.2 Å². The summed E-state index contributed by atoms with van der Waals surface area (Å²) in [6.45, 7) is 0.873. The molecule has 0 aliphatic heterocycles. The van der Waals surface area contributed by atoms with E-state index in [0.29, 0.717) is 6.04 Å². The van der Waals surface area contributed by atoms with Gasteiger partial charge >= 0.3 is 0 Å². The average Bonchev–Trinajstić information content (AvgIpc) is 2.84. The van der Waals surface area contributed by atoms with Crippen molar-refractivity contribution in [3.05, 3.63) is 29.8 Å². The molecule has 0 saturated heterocycles. The molecule has 0 aromatic heterocycles. The molecule has 0 radical (unpaired) electrons. The molecule has 2 atom stereocenters. The van der Waals surface area contributed by atoms with E-state index >= 15 is 0 Å². The van der Waals surface area contributed by atoms with Crippen molar-refractivity contribution in [2.24, 2.45) is 5.92 Å². The zero-order chi connectivity index (χ0) is 12.1. The molecule has 1 saturated carbocycles. The fourth-order valence-corrected chi connectivity index (χ4v) is 2.76. The third-order valence-electron chi connectivity index (χ3n) is 3.41. The van der Waals surface area contributed by atoms with Crippen LogP contribution in [0.1, 0.15) is 24.8 Å². The van der Waals surface area contributed by atoms with Crippen molar-refractivity contribution >= 4 is 11.8 Å². The van der Waals surface area contributed by atoms with Gasteiger partial charge in [-0.1, -0.05) is 18.6 Å². The third-order valence-corrected chi connectivity index (χ3v) is 4.15. The van der Waals surface area contributed by atoms with E-state index in [1.54, 1.807) is 11.8 Å². The van der Waals surface area contributed by atoms with Gasteiger partial charge in [-0.25, -0.2) is 0 Å². The smallest absolute Gasteiger partial charge is 0.0672 e. The SMILES string of the molecule is CSc1ccc(CNC2CCCC2C#N)cc1. The van der Waals surface area contributed by atoms with Crippen molar-refractivity contribution in [1.29, 1.82) is 5.26 Å². The number of nitrogens with one attached hydrogen (secondary N) is 1. The van der Waals surface area contributed by atoms with Crippen LogP contribution in [0.4, 0.5) is 0 Å². The summed E-state index contributed by atoms with van der Waals surface area (Å²) in [5.41, 5.74) is 1.30. The quantitative estimate of drug-likeness (QED) is 0.829. The highest BCUT2D eigenvalue weighted by molar-refractivity contribution is 7.98. The predicted octanol–water partition coefficient (Wildman–Crippen LogP) is 3.19. The number of hydrogen-bond donors (Lipinski definition) is 1. The van der Waals surface area contributed by atoms with Gasteiger partial charge in [-0.3, -0.25) is 0 Å². The average molecular weight is 246 g/mol. The summed E-state index contributed by atoms with van der Waals surface area (Å²) in [4.78, 5) is 1.30. The highest BCUT2D eigenvalue weighted by Crippen LogP contribution is 2.25. The maximum absolute atomic E-state index is 9.01. The van der Waals surface area contributed by atoms with Gasteiger partial charge in [0.25, 0.3) is 0 Å². The number of benzene rings is 1. The van der Waals surface area contributed by atoms with Gasteiger partial charge in [0.2, 0.25) is 0 Å². The molecule has 1 aliphatic carbocycles. The molecule has 90 valence electrons. The Kier molecular flexibility index (Phi) is 4.47. The molecule has 0 heterocycles. The molecule has 1 aliphatic rings. The molecule has 2 rings (SSSR count). The summed E-state index contributed by atoms with van der Waals surface area (Å²) >= 11 is 1.76. The lowest BCUT2D eigenvalue weighted by Crippen LogP contribution is -2.31. The standard InChI is InChI=1S/C14H18N2S/c1-17-13-7-5-11(6-8-13)10-16-14-4-2-3-12(14)9-15/h5-8,12,14,16H,2-4,10H2,1H3. The van der Waals surface area contributed by atoms with Crippen LogP contribution in [0, 0.1) is 17.2 Å². The Bertz CT molecular complexity index is 394. The molecule has 3 heteroatoms. The van der Waals surface area contributed by atoms with E-state index in [9.17, 15) is 0 Å². The van der Waals surface area contributed by atoms with Gasteiger partial charge in [0.1, 0.15) is 0 Å². The molecule has 2 unspecified atom stereocenters. The van der Waals surface area contributed by atoms with Crippen LogP contribution < -0.4 is 5.32 Å². The van der Waals surface area contributed by atoms with Crippen molar-refractivity contribution in [2.75, 3.05) is 6.26 Å². The van der Waals surface area contributed by atoms with Crippen LogP contribution >= 0.6 is 11.8 Å². The Morgan fingerprint density at radius 3 is 2.76 bits per heavy atom. The first-order valence-electron chi connectivity index (χ1n) is 6.09. The van der Waals surface area contributed by atoms with E-state index in [-0.39, 0.29) is 5.92 Å². The van der Waals surface area contributed by atoms with E-state index in [4.69, 9.17) is 5.26 Å². The first-order chi connectivity index (χ1) is 8.33. The minimum Gasteiger partial charge on any atom is -0.309 e. The molecular formula is C14H18N2S. The molecule has 0 bridgehead atoms. The summed E-state index contributed by atoms with van der Waals surface area (Å²) < 4.78 is 0. The molecule has 1 N–H and O–H groups in total. The summed E-state index contributed by atoms with van der Waals surface area (Å²) in [5.74, 6) is 0.209. The Morgan fingerprint density at radius 1 is 1.35 bits per heavy atom. The van der Waals surface area contributed by atoms with Gasteiger partial charge in [0.05, 0.1) is 12.0 Å². The maximum Gasteiger partial charge on any atom is 0.0672 e. The van der Waals surface area contributed by atoms with E-state index in [1.807, 2.05) is 0 Å². The minimum absolute atomic E-state index is 0.209. The van der Waals surface area contributed by atoms with Gasteiger partial charge in [-0.05, 0) is 36.8 Å². The summed E-state index contributed by atoms with van der Waals surface area (Å²) in [6, 6.07) is 11.4. The van der Waals surface area contributed by atoms with Gasteiger partial charge in [0.15, 0.2) is 0 Å². The van der Waals surface area contributed by atoms with Crippen molar-refractivity contribution in [3.8, 4) is 6.07 Å². The second-order valence-corrected chi connectivity index (χ2v) is 5.38. The Morgan fingerprint density at radius 2 is 2.12 bits per heavy atom. The third kappa shape index (κ3) is 3.24. The van der Waals surface area contributed by atoms with Crippen molar-refractivity contribution in [3.63, 3.8) is 0 Å². The number of hydrogen-bond acceptors (Lipinski definition) is 3. The van der Waals surface area contributed by atoms with Gasteiger partial charge in [-0.2, -0.15) is 5.26 Å². The Hall–Kier alpha value is -0.980. The first-order valence-corrected chi connectivity index (χ1v) is 7.32. The molecule has 1 aromatic rings. The molecule has 2 nitrogen and oxygen atoms in total. The lowest BCUT2D eigenvalue weighted by Gasteiger charge is -2.15. The van der Waals surface area contributed by atoms with E-state index in [1.165, 1.54) is 16.9 Å². The largest absolute Gasteiger partial charge is 0.309 e. The van der Waals surface area contributed by atoms with Gasteiger partial charge in [0, 0.05) is 17.5 Å². The fraction of sp³-hybridized carbons (Fsp3) is 0.500. The fourth-order valence-electron chi connectivity index (χ4n) is 2.35. The molecule has 0 spiro atoms. The van der Waals surface area contributed by atoms with E-state index < -0.39 is 0 Å². The zero-order valence-corrected chi connectivity index (χ0v) is 11.0. The van der Waals surface area contributed by atoms with Crippen molar-refractivity contribution in [2.45, 2.75) is 36.7 Å². The van der Waals surface area contributed by atoms with Crippen LogP contribution in [-0.4, -0.2) is 12.3 Å². The Labute approximate surface area is 107 Å². The first kappa shape index (κ1) is 12.5.